The molecule has 0 atom stereocenters. The van der Waals surface area contributed by atoms with Gasteiger partial charge in [-0.1, -0.05) is 113 Å². The van der Waals surface area contributed by atoms with Crippen molar-refractivity contribution in [3.8, 4) is 0 Å². The average molecular weight is 434 g/mol. The number of rotatable bonds is 8. The van der Waals surface area contributed by atoms with Crippen LogP contribution in [0.15, 0.2) is 35.3 Å². The third kappa shape index (κ3) is 5.72. The summed E-state index contributed by atoms with van der Waals surface area (Å²) in [6, 6.07) is 11.6. The first-order valence-corrected chi connectivity index (χ1v) is 12.6. The maximum Gasteiger partial charge on any atom is 0.0695 e. The second-order valence-corrected chi connectivity index (χ2v) is 11.6. The van der Waals surface area contributed by atoms with Gasteiger partial charge in [-0.2, -0.15) is 0 Å². The van der Waals surface area contributed by atoms with Crippen LogP contribution in [0.2, 0.25) is 0 Å². The minimum absolute atomic E-state index is 0.160. The summed E-state index contributed by atoms with van der Waals surface area (Å²) < 4.78 is 0. The van der Waals surface area contributed by atoms with E-state index in [1.165, 1.54) is 39.1 Å². The number of hydrogen-bond acceptors (Lipinski definition) is 1. The van der Waals surface area contributed by atoms with Gasteiger partial charge in [0.2, 0.25) is 0 Å². The van der Waals surface area contributed by atoms with Crippen molar-refractivity contribution < 1.29 is 0 Å². The van der Waals surface area contributed by atoms with Gasteiger partial charge in [0.05, 0.1) is 5.69 Å². The van der Waals surface area contributed by atoms with E-state index in [2.05, 4.69) is 120 Å². The highest BCUT2D eigenvalue weighted by Gasteiger charge is 2.28. The molecule has 0 bridgehead atoms. The van der Waals surface area contributed by atoms with Gasteiger partial charge in [0.15, 0.2) is 0 Å². The molecule has 0 spiro atoms. The Bertz CT molecular complexity index is 884. The van der Waals surface area contributed by atoms with Gasteiger partial charge in [-0.3, -0.25) is 4.99 Å². The van der Waals surface area contributed by atoms with Crippen LogP contribution in [0.5, 0.6) is 0 Å². The summed E-state index contributed by atoms with van der Waals surface area (Å²) in [5, 5.41) is 0. The second-order valence-electron chi connectivity index (χ2n) is 11.6. The maximum absolute atomic E-state index is 5.23. The van der Waals surface area contributed by atoms with Crippen LogP contribution in [0.4, 0.5) is 5.69 Å². The van der Waals surface area contributed by atoms with Crippen LogP contribution in [-0.4, -0.2) is 6.21 Å². The van der Waals surface area contributed by atoms with Gasteiger partial charge in [0, 0.05) is 11.6 Å². The van der Waals surface area contributed by atoms with Gasteiger partial charge in [-0.05, 0) is 63.0 Å². The predicted molar refractivity (Wildman–Crippen MR) is 145 cm³/mol. The summed E-state index contributed by atoms with van der Waals surface area (Å²) in [7, 11) is 0. The lowest BCUT2D eigenvalue weighted by atomic mass is 9.73. The molecular weight excluding hydrogens is 386 g/mol. The van der Waals surface area contributed by atoms with Gasteiger partial charge in [0.25, 0.3) is 0 Å². The van der Waals surface area contributed by atoms with Crippen LogP contribution in [0.1, 0.15) is 146 Å². The number of nitrogens with zero attached hydrogens (tertiary/aromatic N) is 1. The Hall–Kier alpha value is -1.89. The third-order valence-corrected chi connectivity index (χ3v) is 6.64. The van der Waals surface area contributed by atoms with Crippen molar-refractivity contribution in [2.45, 2.75) is 118 Å². The largest absolute Gasteiger partial charge is 0.260 e. The molecule has 32 heavy (non-hydrogen) atoms. The lowest BCUT2D eigenvalue weighted by molar-refractivity contribution is 0.672. The van der Waals surface area contributed by atoms with Crippen LogP contribution in [0.3, 0.4) is 0 Å². The number of para-hydroxylation sites is 1. The van der Waals surface area contributed by atoms with E-state index in [0.717, 1.165) is 0 Å². The highest BCUT2D eigenvalue weighted by atomic mass is 14.7. The molecule has 0 saturated heterocycles. The molecule has 0 fully saturated rings. The van der Waals surface area contributed by atoms with Crippen molar-refractivity contribution in [3.05, 3.63) is 63.7 Å². The van der Waals surface area contributed by atoms with Crippen molar-refractivity contribution in [1.82, 2.24) is 0 Å². The molecule has 0 saturated carbocycles. The van der Waals surface area contributed by atoms with E-state index in [1.54, 1.807) is 0 Å². The molecule has 1 heteroatoms. The van der Waals surface area contributed by atoms with E-state index in [4.69, 9.17) is 4.99 Å². The molecule has 0 amide bonds. The fourth-order valence-electron chi connectivity index (χ4n) is 4.65. The van der Waals surface area contributed by atoms with E-state index >= 15 is 0 Å². The van der Waals surface area contributed by atoms with Crippen molar-refractivity contribution in [2.24, 2.45) is 4.99 Å². The smallest absolute Gasteiger partial charge is 0.0695 e. The first-order valence-electron chi connectivity index (χ1n) is 12.6. The van der Waals surface area contributed by atoms with Crippen molar-refractivity contribution in [2.75, 3.05) is 0 Å². The fourth-order valence-corrected chi connectivity index (χ4v) is 4.65. The van der Waals surface area contributed by atoms with Crippen molar-refractivity contribution in [3.63, 3.8) is 0 Å². The number of benzene rings is 2. The Morgan fingerprint density at radius 1 is 0.625 bits per heavy atom. The molecular formula is C31H47N. The lowest BCUT2D eigenvalue weighted by Crippen LogP contribution is -2.25. The minimum atomic E-state index is -0.160. The van der Waals surface area contributed by atoms with Crippen LogP contribution in [-0.2, 0) is 5.41 Å². The van der Waals surface area contributed by atoms with E-state index in [0.29, 0.717) is 29.6 Å². The average Bonchev–Trinajstić information content (AvgIpc) is 2.70. The van der Waals surface area contributed by atoms with E-state index in [1.807, 2.05) is 0 Å². The third-order valence-electron chi connectivity index (χ3n) is 6.64. The Balaban J connectivity index is 2.74. The first kappa shape index (κ1) is 26.4. The van der Waals surface area contributed by atoms with E-state index in [-0.39, 0.29) is 5.41 Å². The van der Waals surface area contributed by atoms with Crippen LogP contribution >= 0.6 is 0 Å². The van der Waals surface area contributed by atoms with E-state index in [9.17, 15) is 0 Å². The fraction of sp³-hybridized carbons (Fsp3) is 0.581. The minimum Gasteiger partial charge on any atom is -0.260 e. The van der Waals surface area contributed by atoms with Crippen LogP contribution in [0, 0.1) is 0 Å². The molecule has 2 rings (SSSR count). The lowest BCUT2D eigenvalue weighted by Gasteiger charge is -2.31. The predicted octanol–water partition coefficient (Wildman–Crippen LogP) is 9.98. The number of aliphatic imine (C=N–C) groups is 1. The molecule has 176 valence electrons. The molecule has 2 aromatic carbocycles. The van der Waals surface area contributed by atoms with Gasteiger partial charge in [-0.25, -0.2) is 0 Å². The summed E-state index contributed by atoms with van der Waals surface area (Å²) in [5.41, 5.74) is 9.53. The second kappa shape index (κ2) is 10.4. The molecule has 1 nitrogen and oxygen atoms in total. The topological polar surface area (TPSA) is 12.4 Å². The summed E-state index contributed by atoms with van der Waals surface area (Å²) in [4.78, 5) is 5.23. The molecule has 0 radical (unpaired) electrons. The highest BCUT2D eigenvalue weighted by Crippen LogP contribution is 2.40. The summed E-state index contributed by atoms with van der Waals surface area (Å²) in [6.45, 7) is 27.6. The molecule has 0 heterocycles. The van der Waals surface area contributed by atoms with Crippen LogP contribution in [0.25, 0.3) is 0 Å². The normalized spacial score (nSPS) is 13.0. The summed E-state index contributed by atoms with van der Waals surface area (Å²) in [6.07, 6.45) is 2.22. The molecule has 0 aromatic heterocycles. The first-order chi connectivity index (χ1) is 14.8. The molecule has 0 N–H and O–H groups in total. The number of hydrogen-bond donors (Lipinski definition) is 0. The monoisotopic (exact) mass is 433 g/mol. The Kier molecular flexibility index (Phi) is 8.54. The summed E-state index contributed by atoms with van der Waals surface area (Å²) >= 11 is 0. The quantitative estimate of drug-likeness (QED) is 0.367. The zero-order chi connectivity index (χ0) is 24.4. The molecule has 2 aromatic rings. The molecule has 0 aliphatic heterocycles. The Morgan fingerprint density at radius 3 is 1.38 bits per heavy atom. The maximum atomic E-state index is 5.23. The van der Waals surface area contributed by atoms with Gasteiger partial charge >= 0.3 is 0 Å². The van der Waals surface area contributed by atoms with Crippen LogP contribution < -0.4 is 0 Å². The van der Waals surface area contributed by atoms with E-state index < -0.39 is 0 Å². The van der Waals surface area contributed by atoms with Gasteiger partial charge < -0.3 is 0 Å². The molecule has 0 unspecified atom stereocenters. The SMILES string of the molecule is CC(C)c1cc(C(C)C)c(C(C)(C)C=Nc2c(C(C)C)cccc2C(C)C)c(C(C)C)c1. The standard InChI is InChI=1S/C31H47N/c1-19(2)24-16-27(22(7)8)29(28(17-24)23(9)10)31(11,12)18-32-30-25(20(3)4)14-13-15-26(30)21(5)6/h13-23H,1-12H3. The van der Waals surface area contributed by atoms with Gasteiger partial charge in [0.1, 0.15) is 0 Å². The zero-order valence-corrected chi connectivity index (χ0v) is 22.8. The molecule has 0 aliphatic rings. The van der Waals surface area contributed by atoms with Crippen molar-refractivity contribution in [1.29, 1.82) is 0 Å². The van der Waals surface area contributed by atoms with Crippen molar-refractivity contribution >= 4 is 11.9 Å². The summed E-state index contributed by atoms with van der Waals surface area (Å²) in [5.74, 6) is 2.38. The molecule has 0 aliphatic carbocycles. The Morgan fingerprint density at radius 2 is 1.03 bits per heavy atom. The zero-order valence-electron chi connectivity index (χ0n) is 22.8. The van der Waals surface area contributed by atoms with Gasteiger partial charge in [-0.15, -0.1) is 0 Å². The highest BCUT2D eigenvalue weighted by molar-refractivity contribution is 5.79. The Labute approximate surface area is 198 Å².